The Morgan fingerprint density at radius 1 is 1.00 bits per heavy atom. The monoisotopic (exact) mass is 336 g/mol. The number of rotatable bonds is 6. The Labute approximate surface area is 146 Å². The van der Waals surface area contributed by atoms with E-state index in [9.17, 15) is 9.59 Å². The van der Waals surface area contributed by atoms with Crippen LogP contribution < -0.4 is 16.4 Å². The van der Waals surface area contributed by atoms with Crippen molar-refractivity contribution in [1.82, 2.24) is 4.90 Å². The Hall–Kier alpha value is -2.88. The maximum Gasteiger partial charge on any atom is 0.262 e. The molecule has 1 aliphatic rings. The van der Waals surface area contributed by atoms with Crippen LogP contribution >= 0.6 is 0 Å². The average Bonchev–Trinajstić information content (AvgIpc) is 2.62. The van der Waals surface area contributed by atoms with Gasteiger partial charge in [0, 0.05) is 53.8 Å². The summed E-state index contributed by atoms with van der Waals surface area (Å²) in [5, 5.41) is 1.52. The van der Waals surface area contributed by atoms with Crippen LogP contribution in [0.2, 0.25) is 0 Å². The van der Waals surface area contributed by atoms with Gasteiger partial charge in [-0.3, -0.25) is 14.5 Å². The van der Waals surface area contributed by atoms with Gasteiger partial charge >= 0.3 is 0 Å². The number of carbonyl (C=O) groups excluding carboxylic acids is 2. The Balaban J connectivity index is 2.23. The molecule has 1 heterocycles. The molecule has 3 rings (SSSR count). The molecule has 128 valence electrons. The zero-order valence-corrected chi connectivity index (χ0v) is 13.9. The highest BCUT2D eigenvalue weighted by atomic mass is 16.2. The molecule has 0 radical (unpaired) electrons. The molecule has 25 heavy (non-hydrogen) atoms. The molecule has 0 saturated heterocycles. The first-order valence-corrected chi connectivity index (χ1v) is 8.14. The number of nitrogens with zero attached hydrogens (tertiary/aromatic N) is 2. The molecule has 0 spiro atoms. The summed E-state index contributed by atoms with van der Waals surface area (Å²) in [6, 6.07) is 9.09. The normalized spacial score (nSPS) is 13.2. The van der Waals surface area contributed by atoms with Crippen LogP contribution in [-0.4, -0.2) is 49.4 Å². The zero-order chi connectivity index (χ0) is 18.0. The number of benzene rings is 2. The first-order valence-electron chi connectivity index (χ1n) is 8.14. The summed E-state index contributed by atoms with van der Waals surface area (Å²) >= 11 is 0. The lowest BCUT2D eigenvalue weighted by Crippen LogP contribution is -2.40. The predicted molar refractivity (Wildman–Crippen MR) is 98.5 cm³/mol. The summed E-state index contributed by atoms with van der Waals surface area (Å²) in [5.74, 6) is 1.65. The number of nitrogens with two attached hydrogens (primary N) is 2. The fourth-order valence-electron chi connectivity index (χ4n) is 3.31. The molecule has 1 aliphatic heterocycles. The Kier molecular flexibility index (Phi) is 4.70. The van der Waals surface area contributed by atoms with Gasteiger partial charge in [-0.1, -0.05) is 18.1 Å². The van der Waals surface area contributed by atoms with Crippen molar-refractivity contribution in [3.63, 3.8) is 0 Å². The van der Waals surface area contributed by atoms with Crippen molar-refractivity contribution in [2.75, 3.05) is 37.6 Å². The number of hydrogen-bond donors (Lipinski definition) is 2. The molecule has 0 aliphatic carbocycles. The maximum atomic E-state index is 12.7. The van der Waals surface area contributed by atoms with Crippen molar-refractivity contribution >= 4 is 28.3 Å². The summed E-state index contributed by atoms with van der Waals surface area (Å²) in [6.45, 7) is 2.21. The van der Waals surface area contributed by atoms with Crippen molar-refractivity contribution < 1.29 is 9.59 Å². The Morgan fingerprint density at radius 2 is 1.64 bits per heavy atom. The van der Waals surface area contributed by atoms with Crippen LogP contribution in [0.3, 0.4) is 0 Å². The standard InChI is InChI=1S/C19H20N4O2/c1-2-10-23-18(24)14-5-3-4-13-16(22(11-8-20)12-9-21)7-6-15(17(13)14)19(23)25/h1,3-7H,8-12,20-21H2. The molecule has 4 N–H and O–H groups in total. The van der Waals surface area contributed by atoms with E-state index >= 15 is 0 Å². The van der Waals surface area contributed by atoms with E-state index in [1.54, 1.807) is 12.1 Å². The van der Waals surface area contributed by atoms with Gasteiger partial charge in [-0.05, 0) is 18.2 Å². The van der Waals surface area contributed by atoms with Crippen molar-refractivity contribution in [3.05, 3.63) is 41.5 Å². The van der Waals surface area contributed by atoms with Crippen LogP contribution in [0.5, 0.6) is 0 Å². The molecule has 0 unspecified atom stereocenters. The molecule has 0 atom stereocenters. The minimum atomic E-state index is -0.359. The second-order valence-corrected chi connectivity index (χ2v) is 5.83. The van der Waals surface area contributed by atoms with E-state index < -0.39 is 0 Å². The molecule has 2 amide bonds. The largest absolute Gasteiger partial charge is 0.368 e. The molecule has 2 aromatic rings. The molecular weight excluding hydrogens is 316 g/mol. The minimum absolute atomic E-state index is 0.0400. The lowest BCUT2D eigenvalue weighted by atomic mass is 9.92. The maximum absolute atomic E-state index is 12.7. The van der Waals surface area contributed by atoms with Crippen LogP contribution in [0.4, 0.5) is 5.69 Å². The first kappa shape index (κ1) is 17.0. The van der Waals surface area contributed by atoms with Gasteiger partial charge < -0.3 is 16.4 Å². The molecular formula is C19H20N4O2. The summed E-state index contributed by atoms with van der Waals surface area (Å²) in [7, 11) is 0. The smallest absolute Gasteiger partial charge is 0.262 e. The number of carbonyl (C=O) groups is 2. The van der Waals surface area contributed by atoms with Gasteiger partial charge in [0.15, 0.2) is 0 Å². The Bertz CT molecular complexity index is 857. The molecule has 0 aromatic heterocycles. The third kappa shape index (κ3) is 2.74. The highest BCUT2D eigenvalue weighted by Gasteiger charge is 2.33. The molecule has 0 saturated carbocycles. The van der Waals surface area contributed by atoms with Crippen molar-refractivity contribution in [2.45, 2.75) is 0 Å². The van der Waals surface area contributed by atoms with Crippen molar-refractivity contribution in [3.8, 4) is 12.3 Å². The quantitative estimate of drug-likeness (QED) is 0.601. The summed E-state index contributed by atoms with van der Waals surface area (Å²) in [6.07, 6.45) is 5.31. The predicted octanol–water partition coefficient (Wildman–Crippen LogP) is 0.793. The molecule has 0 fully saturated rings. The van der Waals surface area contributed by atoms with Crippen molar-refractivity contribution in [1.29, 1.82) is 0 Å². The van der Waals surface area contributed by atoms with Gasteiger partial charge in [-0.25, -0.2) is 0 Å². The molecule has 6 nitrogen and oxygen atoms in total. The van der Waals surface area contributed by atoms with Crippen LogP contribution in [0.1, 0.15) is 20.7 Å². The average molecular weight is 336 g/mol. The molecule has 6 heteroatoms. The van der Waals surface area contributed by atoms with Gasteiger partial charge in [-0.2, -0.15) is 0 Å². The van der Waals surface area contributed by atoms with E-state index in [4.69, 9.17) is 17.9 Å². The van der Waals surface area contributed by atoms with Crippen molar-refractivity contribution in [2.24, 2.45) is 11.5 Å². The number of hydrogen-bond acceptors (Lipinski definition) is 5. The summed E-state index contributed by atoms with van der Waals surface area (Å²) in [5.41, 5.74) is 13.3. The summed E-state index contributed by atoms with van der Waals surface area (Å²) < 4.78 is 0. The van der Waals surface area contributed by atoms with E-state index in [0.29, 0.717) is 42.7 Å². The van der Waals surface area contributed by atoms with Gasteiger partial charge in [0.1, 0.15) is 0 Å². The van der Waals surface area contributed by atoms with E-state index in [2.05, 4.69) is 10.8 Å². The van der Waals surface area contributed by atoms with Gasteiger partial charge in [-0.15, -0.1) is 6.42 Å². The van der Waals surface area contributed by atoms with Crippen LogP contribution in [0, 0.1) is 12.3 Å². The van der Waals surface area contributed by atoms with Gasteiger partial charge in [0.05, 0.1) is 6.54 Å². The Morgan fingerprint density at radius 3 is 2.24 bits per heavy atom. The van der Waals surface area contributed by atoms with Gasteiger partial charge in [0.25, 0.3) is 11.8 Å². The molecule has 2 aromatic carbocycles. The topological polar surface area (TPSA) is 92.7 Å². The third-order valence-corrected chi connectivity index (χ3v) is 4.36. The number of imide groups is 1. The van der Waals surface area contributed by atoms with Crippen LogP contribution in [-0.2, 0) is 0 Å². The highest BCUT2D eigenvalue weighted by Crippen LogP contribution is 2.35. The highest BCUT2D eigenvalue weighted by molar-refractivity contribution is 6.26. The van der Waals surface area contributed by atoms with E-state index in [-0.39, 0.29) is 18.4 Å². The summed E-state index contributed by atoms with van der Waals surface area (Å²) in [4.78, 5) is 28.6. The van der Waals surface area contributed by atoms with Gasteiger partial charge in [0.2, 0.25) is 0 Å². The number of amides is 2. The second-order valence-electron chi connectivity index (χ2n) is 5.83. The lowest BCUT2D eigenvalue weighted by Gasteiger charge is -2.29. The van der Waals surface area contributed by atoms with E-state index in [1.807, 2.05) is 18.2 Å². The van der Waals surface area contributed by atoms with Crippen LogP contribution in [0.15, 0.2) is 30.3 Å². The number of terminal acetylenes is 1. The lowest BCUT2D eigenvalue weighted by molar-refractivity contribution is 0.0632. The third-order valence-electron chi connectivity index (χ3n) is 4.36. The second kappa shape index (κ2) is 6.93. The van der Waals surface area contributed by atoms with Crippen LogP contribution in [0.25, 0.3) is 10.8 Å². The zero-order valence-electron chi connectivity index (χ0n) is 13.9. The fourth-order valence-corrected chi connectivity index (χ4v) is 3.31. The fraction of sp³-hybridized carbons (Fsp3) is 0.263. The van der Waals surface area contributed by atoms with E-state index in [1.165, 1.54) is 0 Å². The molecule has 0 bridgehead atoms. The SMILES string of the molecule is C#CCN1C(=O)c2cccc3c(N(CCN)CCN)ccc(c23)C1=O. The minimum Gasteiger partial charge on any atom is -0.368 e. The first-order chi connectivity index (χ1) is 12.1. The van der Waals surface area contributed by atoms with E-state index in [0.717, 1.165) is 16.0 Å². The number of anilines is 1.